The summed E-state index contributed by atoms with van der Waals surface area (Å²) in [5.41, 5.74) is 6.14. The lowest BCUT2D eigenvalue weighted by molar-refractivity contribution is 0.263. The molecule has 1 heterocycles. The maximum atomic E-state index is 12.7. The van der Waals surface area contributed by atoms with E-state index >= 15 is 0 Å². The first-order valence-corrected chi connectivity index (χ1v) is 8.31. The molecule has 2 rings (SSSR count). The molecule has 1 fully saturated rings. The molecular formula is C14H23N3O3S. The SMILES string of the molecule is COc1ccc(S(=O)(=O)N2CC(C)C(N(C)C)C2)cc1N. The second-order valence-electron chi connectivity index (χ2n) is 5.73. The van der Waals surface area contributed by atoms with E-state index in [4.69, 9.17) is 10.5 Å². The van der Waals surface area contributed by atoms with Crippen LogP contribution in [0.3, 0.4) is 0 Å². The van der Waals surface area contributed by atoms with Crippen molar-refractivity contribution in [1.29, 1.82) is 0 Å². The molecule has 1 saturated heterocycles. The van der Waals surface area contributed by atoms with E-state index in [2.05, 4.69) is 11.8 Å². The highest BCUT2D eigenvalue weighted by Gasteiger charge is 2.38. The van der Waals surface area contributed by atoms with Crippen molar-refractivity contribution in [3.63, 3.8) is 0 Å². The Kier molecular flexibility index (Phi) is 4.46. The van der Waals surface area contributed by atoms with Crippen LogP contribution in [0.2, 0.25) is 0 Å². The van der Waals surface area contributed by atoms with Gasteiger partial charge in [0, 0.05) is 19.1 Å². The zero-order chi connectivity index (χ0) is 15.8. The fourth-order valence-electron chi connectivity index (χ4n) is 2.80. The Hall–Kier alpha value is -1.31. The van der Waals surface area contributed by atoms with Crippen molar-refractivity contribution in [2.24, 2.45) is 5.92 Å². The van der Waals surface area contributed by atoms with Crippen molar-refractivity contribution in [1.82, 2.24) is 9.21 Å². The summed E-state index contributed by atoms with van der Waals surface area (Å²) < 4.78 is 32.0. The van der Waals surface area contributed by atoms with Gasteiger partial charge in [0.2, 0.25) is 10.0 Å². The van der Waals surface area contributed by atoms with Crippen LogP contribution in [-0.2, 0) is 10.0 Å². The highest BCUT2D eigenvalue weighted by molar-refractivity contribution is 7.89. The number of anilines is 1. The van der Waals surface area contributed by atoms with Crippen LogP contribution in [0.5, 0.6) is 5.75 Å². The van der Waals surface area contributed by atoms with Gasteiger partial charge in [-0.2, -0.15) is 4.31 Å². The lowest BCUT2D eigenvalue weighted by Gasteiger charge is -2.22. The van der Waals surface area contributed by atoms with E-state index in [1.54, 1.807) is 6.07 Å². The average Bonchev–Trinajstić information content (AvgIpc) is 2.81. The highest BCUT2D eigenvalue weighted by atomic mass is 32.2. The fraction of sp³-hybridized carbons (Fsp3) is 0.571. The van der Waals surface area contributed by atoms with Gasteiger partial charge in [-0.3, -0.25) is 0 Å². The average molecular weight is 313 g/mol. The highest BCUT2D eigenvalue weighted by Crippen LogP contribution is 2.30. The summed E-state index contributed by atoms with van der Waals surface area (Å²) in [7, 11) is 1.94. The number of nitrogens with two attached hydrogens (primary N) is 1. The van der Waals surface area contributed by atoms with Crippen LogP contribution in [0.15, 0.2) is 23.1 Å². The molecule has 118 valence electrons. The van der Waals surface area contributed by atoms with Gasteiger partial charge < -0.3 is 15.4 Å². The second kappa shape index (κ2) is 5.82. The van der Waals surface area contributed by atoms with Crippen LogP contribution in [-0.4, -0.2) is 58.0 Å². The first-order valence-electron chi connectivity index (χ1n) is 6.87. The third-order valence-electron chi connectivity index (χ3n) is 4.04. The minimum atomic E-state index is -3.51. The molecule has 1 aliphatic rings. The van der Waals surface area contributed by atoms with Gasteiger partial charge in [-0.15, -0.1) is 0 Å². The molecule has 0 spiro atoms. The van der Waals surface area contributed by atoms with Crippen molar-refractivity contribution >= 4 is 15.7 Å². The number of methoxy groups -OCH3 is 1. The van der Waals surface area contributed by atoms with Gasteiger partial charge in [0.05, 0.1) is 17.7 Å². The third-order valence-corrected chi connectivity index (χ3v) is 5.87. The molecule has 1 aliphatic heterocycles. The predicted molar refractivity (Wildman–Crippen MR) is 82.8 cm³/mol. The molecule has 0 amide bonds. The maximum absolute atomic E-state index is 12.7. The van der Waals surface area contributed by atoms with Crippen molar-refractivity contribution in [3.8, 4) is 5.75 Å². The summed E-state index contributed by atoms with van der Waals surface area (Å²) in [6.07, 6.45) is 0. The molecule has 0 aliphatic carbocycles. The van der Waals surface area contributed by atoms with Gasteiger partial charge >= 0.3 is 0 Å². The molecule has 1 aromatic carbocycles. The quantitative estimate of drug-likeness (QED) is 0.834. The fourth-order valence-corrected chi connectivity index (χ4v) is 4.39. The predicted octanol–water partition coefficient (Wildman–Crippen LogP) is 0.848. The van der Waals surface area contributed by atoms with Crippen molar-refractivity contribution in [3.05, 3.63) is 18.2 Å². The summed E-state index contributed by atoms with van der Waals surface area (Å²) in [6.45, 7) is 3.10. The van der Waals surface area contributed by atoms with E-state index < -0.39 is 10.0 Å². The summed E-state index contributed by atoms with van der Waals surface area (Å²) in [5.74, 6) is 0.778. The van der Waals surface area contributed by atoms with Gasteiger partial charge in [0.25, 0.3) is 0 Å². The number of sulfonamides is 1. The molecule has 6 nitrogen and oxygen atoms in total. The number of ether oxygens (including phenoxy) is 1. The van der Waals surface area contributed by atoms with E-state index in [1.165, 1.54) is 23.5 Å². The van der Waals surface area contributed by atoms with Crippen molar-refractivity contribution in [2.75, 3.05) is 40.0 Å². The minimum absolute atomic E-state index is 0.215. The zero-order valence-electron chi connectivity index (χ0n) is 12.9. The Bertz CT molecular complexity index is 616. The first kappa shape index (κ1) is 16.1. The Morgan fingerprint density at radius 2 is 2.00 bits per heavy atom. The number of likely N-dealkylation sites (N-methyl/N-ethyl adjacent to an activating group) is 1. The van der Waals surface area contributed by atoms with Crippen LogP contribution in [0.1, 0.15) is 6.92 Å². The third kappa shape index (κ3) is 3.00. The Balaban J connectivity index is 2.29. The minimum Gasteiger partial charge on any atom is -0.495 e. The van der Waals surface area contributed by atoms with E-state index in [0.29, 0.717) is 30.4 Å². The van der Waals surface area contributed by atoms with Crippen LogP contribution >= 0.6 is 0 Å². The standard InChI is InChI=1S/C14H23N3O3S/c1-10-8-17(9-13(10)16(2)3)21(18,19)11-5-6-14(20-4)12(15)7-11/h5-7,10,13H,8-9,15H2,1-4H3. The number of hydrogen-bond donors (Lipinski definition) is 1. The van der Waals surface area contributed by atoms with Gasteiger partial charge in [0.15, 0.2) is 0 Å². The molecular weight excluding hydrogens is 290 g/mol. The van der Waals surface area contributed by atoms with Gasteiger partial charge in [-0.05, 0) is 38.2 Å². The maximum Gasteiger partial charge on any atom is 0.243 e. The van der Waals surface area contributed by atoms with Crippen LogP contribution in [0.25, 0.3) is 0 Å². The lowest BCUT2D eigenvalue weighted by Crippen LogP contribution is -2.35. The van der Waals surface area contributed by atoms with E-state index in [1.807, 2.05) is 14.1 Å². The number of nitrogens with zero attached hydrogens (tertiary/aromatic N) is 2. The van der Waals surface area contributed by atoms with Gasteiger partial charge in [-0.25, -0.2) is 8.42 Å². The normalized spacial score (nSPS) is 23.7. The zero-order valence-corrected chi connectivity index (χ0v) is 13.7. The number of benzene rings is 1. The molecule has 0 bridgehead atoms. The first-order chi connectivity index (χ1) is 9.77. The van der Waals surface area contributed by atoms with E-state index in [-0.39, 0.29) is 10.9 Å². The number of nitrogen functional groups attached to an aromatic ring is 1. The van der Waals surface area contributed by atoms with Crippen LogP contribution in [0, 0.1) is 5.92 Å². The summed E-state index contributed by atoms with van der Waals surface area (Å²) in [4.78, 5) is 2.29. The summed E-state index contributed by atoms with van der Waals surface area (Å²) in [6, 6.07) is 4.82. The molecule has 1 aromatic rings. The topological polar surface area (TPSA) is 75.9 Å². The van der Waals surface area contributed by atoms with Crippen molar-refractivity contribution < 1.29 is 13.2 Å². The molecule has 0 aromatic heterocycles. The Morgan fingerprint density at radius 1 is 1.33 bits per heavy atom. The molecule has 0 radical (unpaired) electrons. The van der Waals surface area contributed by atoms with Gasteiger partial charge in [-0.1, -0.05) is 6.92 Å². The Morgan fingerprint density at radius 3 is 2.48 bits per heavy atom. The smallest absolute Gasteiger partial charge is 0.243 e. The molecule has 7 heteroatoms. The van der Waals surface area contributed by atoms with Crippen LogP contribution < -0.4 is 10.5 Å². The number of hydrogen-bond acceptors (Lipinski definition) is 5. The molecule has 2 N–H and O–H groups in total. The molecule has 0 saturated carbocycles. The lowest BCUT2D eigenvalue weighted by atomic mass is 10.1. The largest absolute Gasteiger partial charge is 0.495 e. The Labute approximate surface area is 126 Å². The van der Waals surface area contributed by atoms with E-state index in [9.17, 15) is 8.42 Å². The summed E-state index contributed by atoms with van der Waals surface area (Å²) >= 11 is 0. The molecule has 2 unspecified atom stereocenters. The van der Waals surface area contributed by atoms with Crippen LogP contribution in [0.4, 0.5) is 5.69 Å². The number of rotatable bonds is 4. The summed E-state index contributed by atoms with van der Waals surface area (Å²) in [5, 5.41) is 0. The monoisotopic (exact) mass is 313 g/mol. The molecule has 2 atom stereocenters. The second-order valence-corrected chi connectivity index (χ2v) is 7.67. The van der Waals surface area contributed by atoms with E-state index in [0.717, 1.165) is 0 Å². The molecule has 21 heavy (non-hydrogen) atoms. The van der Waals surface area contributed by atoms with Gasteiger partial charge in [0.1, 0.15) is 5.75 Å². The van der Waals surface area contributed by atoms with Crippen molar-refractivity contribution in [2.45, 2.75) is 17.9 Å².